The smallest absolute Gasteiger partial charge is 0.267 e. The molecule has 1 atom stereocenters. The molecule has 8 heavy (non-hydrogen) atoms. The van der Waals surface area contributed by atoms with E-state index in [1.165, 1.54) is 0 Å². The maximum Gasteiger partial charge on any atom is 0.283 e. The number of hydrogen-bond acceptors (Lipinski definition) is 4. The minimum absolute atomic E-state index is 0.275. The van der Waals surface area contributed by atoms with E-state index in [9.17, 15) is 10.1 Å². The molecule has 0 aromatic heterocycles. The number of thioether (sulfide) groups is 1. The molecule has 0 fully saturated rings. The van der Waals surface area contributed by atoms with Crippen LogP contribution in [0.25, 0.3) is 0 Å². The summed E-state index contributed by atoms with van der Waals surface area (Å²) in [5, 5.41) is 9.31. The monoisotopic (exact) mass is 131 g/mol. The Morgan fingerprint density at radius 1 is 2.00 bits per heavy atom. The van der Waals surface area contributed by atoms with Crippen molar-refractivity contribution in [1.29, 1.82) is 0 Å². The van der Waals surface area contributed by atoms with Gasteiger partial charge in [0.2, 0.25) is 0 Å². The Kier molecular flexibility index (Phi) is 1.48. The van der Waals surface area contributed by atoms with E-state index in [2.05, 4.69) is 10.5 Å². The van der Waals surface area contributed by atoms with Crippen LogP contribution in [0.3, 0.4) is 0 Å². The first-order chi connectivity index (χ1) is 3.80. The Morgan fingerprint density at radius 3 is 3.00 bits per heavy atom. The van der Waals surface area contributed by atoms with Crippen molar-refractivity contribution in [2.24, 2.45) is 4.99 Å². The third kappa shape index (κ3) is 0.975. The average molecular weight is 131 g/mol. The highest BCUT2D eigenvalue weighted by atomic mass is 32.2. The fraction of sp³-hybridized carbons (Fsp3) is 0.667. The van der Waals surface area contributed by atoms with Crippen LogP contribution >= 0.6 is 11.8 Å². The van der Waals surface area contributed by atoms with Crippen molar-refractivity contribution in [2.45, 2.75) is 5.37 Å². The normalized spacial score (nSPS) is 26.2. The van der Waals surface area contributed by atoms with E-state index in [4.69, 9.17) is 0 Å². The molecule has 1 aliphatic heterocycles. The molecule has 4 nitrogen and oxygen atoms in total. The Balaban J connectivity index is 2.41. The van der Waals surface area contributed by atoms with Gasteiger partial charge in [-0.1, -0.05) is 0 Å². The summed E-state index contributed by atoms with van der Waals surface area (Å²) in [5.41, 5.74) is 2.45. The van der Waals surface area contributed by atoms with E-state index in [-0.39, 0.29) is 11.5 Å². The lowest BCUT2D eigenvalue weighted by atomic mass is 10.7. The third-order valence-corrected chi connectivity index (χ3v) is 1.56. The highest BCUT2D eigenvalue weighted by Gasteiger charge is 2.22. The lowest BCUT2D eigenvalue weighted by Crippen LogP contribution is -2.14. The van der Waals surface area contributed by atoms with Gasteiger partial charge in [0, 0.05) is 4.92 Å². The molecule has 0 N–H and O–H groups in total. The second-order valence-corrected chi connectivity index (χ2v) is 2.25. The summed E-state index contributed by atoms with van der Waals surface area (Å²) in [4.78, 5) is 13.1. The van der Waals surface area contributed by atoms with Gasteiger partial charge in [0.05, 0.1) is 0 Å². The van der Waals surface area contributed by atoms with Crippen LogP contribution in [0.1, 0.15) is 0 Å². The molecule has 0 bridgehead atoms. The van der Waals surface area contributed by atoms with Crippen molar-refractivity contribution in [3.63, 3.8) is 0 Å². The average Bonchev–Trinajstić information content (AvgIpc) is 2.12. The third-order valence-electron chi connectivity index (χ3n) is 0.736. The first-order valence-corrected chi connectivity index (χ1v) is 2.89. The van der Waals surface area contributed by atoms with Crippen molar-refractivity contribution in [3.05, 3.63) is 10.1 Å². The van der Waals surface area contributed by atoms with Gasteiger partial charge in [0.15, 0.2) is 0 Å². The van der Waals surface area contributed by atoms with Gasteiger partial charge < -0.3 is 0 Å². The van der Waals surface area contributed by atoms with E-state index in [0.717, 1.165) is 11.8 Å². The number of aliphatic imine (C=N–C) groups is 1. The van der Waals surface area contributed by atoms with Crippen molar-refractivity contribution in [3.8, 4) is 0 Å². The summed E-state index contributed by atoms with van der Waals surface area (Å²) in [6.45, 7) is 0.275. The standard InChI is InChI=1S/C3H3N2O2S/c6-5(7)3-1-4-2-8-3/h3H,1H2. The molecule has 0 saturated carbocycles. The maximum absolute atomic E-state index is 9.89. The van der Waals surface area contributed by atoms with E-state index in [1.807, 2.05) is 0 Å². The molecule has 1 aliphatic rings. The first kappa shape index (κ1) is 5.55. The predicted molar refractivity (Wildman–Crippen MR) is 30.7 cm³/mol. The van der Waals surface area contributed by atoms with E-state index < -0.39 is 5.37 Å². The second-order valence-electron chi connectivity index (χ2n) is 1.29. The van der Waals surface area contributed by atoms with Crippen molar-refractivity contribution in [1.82, 2.24) is 0 Å². The summed E-state index contributed by atoms with van der Waals surface area (Å²) >= 11 is 1.03. The van der Waals surface area contributed by atoms with Crippen LogP contribution in [0.15, 0.2) is 4.99 Å². The van der Waals surface area contributed by atoms with Crippen molar-refractivity contribution < 1.29 is 4.92 Å². The topological polar surface area (TPSA) is 55.5 Å². The van der Waals surface area contributed by atoms with Crippen LogP contribution in [0.5, 0.6) is 0 Å². The van der Waals surface area contributed by atoms with Gasteiger partial charge in [-0.3, -0.25) is 15.1 Å². The Hall–Kier alpha value is -0.580. The molecule has 0 amide bonds. The van der Waals surface area contributed by atoms with Crippen LogP contribution in [0.4, 0.5) is 0 Å². The Bertz CT molecular complexity index is 127. The fourth-order valence-electron chi connectivity index (χ4n) is 0.360. The number of nitrogens with zero attached hydrogens (tertiary/aromatic N) is 2. The van der Waals surface area contributed by atoms with Crippen LogP contribution < -0.4 is 0 Å². The lowest BCUT2D eigenvalue weighted by Gasteiger charge is -1.93. The number of hydrogen-bond donors (Lipinski definition) is 0. The maximum atomic E-state index is 9.89. The molecule has 0 aromatic carbocycles. The highest BCUT2D eigenvalue weighted by Crippen LogP contribution is 2.13. The molecule has 0 aromatic rings. The van der Waals surface area contributed by atoms with Crippen LogP contribution in [0.2, 0.25) is 0 Å². The van der Waals surface area contributed by atoms with Gasteiger partial charge in [-0.15, -0.1) is 0 Å². The van der Waals surface area contributed by atoms with Gasteiger partial charge >= 0.3 is 0 Å². The van der Waals surface area contributed by atoms with Crippen LogP contribution in [0, 0.1) is 10.1 Å². The van der Waals surface area contributed by atoms with Gasteiger partial charge in [-0.05, 0) is 11.8 Å². The van der Waals surface area contributed by atoms with Gasteiger partial charge in [0.25, 0.3) is 5.37 Å². The second kappa shape index (κ2) is 2.13. The largest absolute Gasteiger partial charge is 0.283 e. The summed E-state index contributed by atoms with van der Waals surface area (Å²) in [5.74, 6) is 0. The van der Waals surface area contributed by atoms with E-state index in [1.54, 1.807) is 0 Å². The molecule has 1 rings (SSSR count). The quantitative estimate of drug-likeness (QED) is 0.378. The summed E-state index contributed by atoms with van der Waals surface area (Å²) in [7, 11) is 0. The van der Waals surface area contributed by atoms with Crippen LogP contribution in [-0.4, -0.2) is 22.4 Å². The summed E-state index contributed by atoms with van der Waals surface area (Å²) < 4.78 is 0. The van der Waals surface area contributed by atoms with Crippen molar-refractivity contribution >= 4 is 17.3 Å². The highest BCUT2D eigenvalue weighted by molar-refractivity contribution is 8.12. The van der Waals surface area contributed by atoms with E-state index >= 15 is 0 Å². The zero-order valence-corrected chi connectivity index (χ0v) is 4.72. The molecule has 5 heteroatoms. The first-order valence-electron chi connectivity index (χ1n) is 2.01. The molecule has 1 unspecified atom stereocenters. The fourth-order valence-corrected chi connectivity index (χ4v) is 0.866. The Morgan fingerprint density at radius 2 is 2.75 bits per heavy atom. The molecule has 0 aliphatic carbocycles. The summed E-state index contributed by atoms with van der Waals surface area (Å²) in [6, 6.07) is 0. The lowest BCUT2D eigenvalue weighted by molar-refractivity contribution is -0.491. The molecule has 43 valence electrons. The van der Waals surface area contributed by atoms with Crippen LogP contribution in [-0.2, 0) is 0 Å². The van der Waals surface area contributed by atoms with Gasteiger partial charge in [0.1, 0.15) is 12.1 Å². The zero-order valence-electron chi connectivity index (χ0n) is 3.90. The molecule has 0 spiro atoms. The van der Waals surface area contributed by atoms with Gasteiger partial charge in [-0.25, -0.2) is 0 Å². The molecular formula is C3H3N2O2S. The predicted octanol–water partition coefficient (Wildman–Crippen LogP) is 0.241. The molecular weight excluding hydrogens is 128 g/mol. The van der Waals surface area contributed by atoms with Crippen molar-refractivity contribution in [2.75, 3.05) is 6.54 Å². The minimum atomic E-state index is -0.574. The number of nitro groups is 1. The minimum Gasteiger partial charge on any atom is -0.267 e. The molecule has 1 heterocycles. The summed E-state index contributed by atoms with van der Waals surface area (Å²) in [6.07, 6.45) is 0. The zero-order chi connectivity index (χ0) is 5.98. The van der Waals surface area contributed by atoms with E-state index in [0.29, 0.717) is 0 Å². The number of rotatable bonds is 1. The SMILES string of the molecule is O=[N+]([O-])C1CN=[C]S1. The molecule has 1 radical (unpaired) electrons. The Labute approximate surface area is 50.1 Å². The molecule has 0 saturated heterocycles. The van der Waals surface area contributed by atoms with Gasteiger partial charge in [-0.2, -0.15) is 0 Å².